The van der Waals surface area contributed by atoms with Gasteiger partial charge >= 0.3 is 59.1 Å². The van der Waals surface area contributed by atoms with Crippen molar-refractivity contribution < 1.29 is 116 Å². The Balaban J connectivity index is -0.000000341. The first-order valence-electron chi connectivity index (χ1n) is 30.7. The molecule has 0 bridgehead atoms. The number of aliphatic hydroxyl groups is 1. The van der Waals surface area contributed by atoms with Crippen molar-refractivity contribution in [1.29, 1.82) is 0 Å². The van der Waals surface area contributed by atoms with Gasteiger partial charge in [-0.05, 0) is 25.7 Å². The molecular weight excluding hydrogens is 997 g/mol. The number of hydrogen-bond acceptors (Lipinski definition) is 11. The van der Waals surface area contributed by atoms with Gasteiger partial charge in [0.05, 0.1) is 46.2 Å². The first-order chi connectivity index (χ1) is 35.1. The van der Waals surface area contributed by atoms with E-state index in [0.29, 0.717) is 26.4 Å². The van der Waals surface area contributed by atoms with Gasteiger partial charge in [0.1, 0.15) is 0 Å². The summed E-state index contributed by atoms with van der Waals surface area (Å²) in [4.78, 5) is 30.4. The van der Waals surface area contributed by atoms with Crippen LogP contribution in [0.25, 0.3) is 0 Å². The van der Waals surface area contributed by atoms with Crippen molar-refractivity contribution in [3.63, 3.8) is 0 Å². The van der Waals surface area contributed by atoms with Crippen LogP contribution < -0.4 is 68.9 Å². The van der Waals surface area contributed by atoms with Crippen LogP contribution in [0, 0.1) is 0 Å². The fourth-order valence-electron chi connectivity index (χ4n) is 8.38. The van der Waals surface area contributed by atoms with E-state index in [4.69, 9.17) is 33.3 Å². The smallest absolute Gasteiger partial charge is 0.756 e. The summed E-state index contributed by atoms with van der Waals surface area (Å²) in [6, 6.07) is 0. The number of rotatable bonds is 59. The number of unbranched alkanes of at least 4 members (excludes halogenated alkanes) is 40. The topological polar surface area (TPSA) is 176 Å². The van der Waals surface area contributed by atoms with Gasteiger partial charge in [0.2, 0.25) is 0 Å². The van der Waals surface area contributed by atoms with Gasteiger partial charge in [0.25, 0.3) is 15.6 Å². The van der Waals surface area contributed by atoms with E-state index in [0.717, 1.165) is 51.6 Å². The molecule has 12 nitrogen and oxygen atoms in total. The Labute approximate surface area is 503 Å². The average molecular weight is 1120 g/mol. The van der Waals surface area contributed by atoms with E-state index in [9.17, 15) is 18.9 Å². The second-order valence-electron chi connectivity index (χ2n) is 20.1. The Morgan fingerprint density at radius 1 is 0.284 bits per heavy atom. The van der Waals surface area contributed by atoms with E-state index in [2.05, 4.69) is 32.2 Å². The molecule has 2 unspecified atom stereocenters. The summed E-state index contributed by atoms with van der Waals surface area (Å²) >= 11 is 0. The van der Waals surface area contributed by atoms with Gasteiger partial charge in [-0.25, -0.2) is 0 Å². The quantitative estimate of drug-likeness (QED) is 0.0335. The second-order valence-corrected chi connectivity index (χ2v) is 22.7. The monoisotopic (exact) mass is 1120 g/mol. The molecule has 0 aromatic carbocycles. The summed E-state index contributed by atoms with van der Waals surface area (Å²) in [5.74, 6) is 0. The Hall–Kier alpha value is 2.06. The van der Waals surface area contributed by atoms with Gasteiger partial charge in [0, 0.05) is 19.8 Å². The Bertz CT molecular complexity index is 1050. The molecule has 74 heavy (non-hydrogen) atoms. The molecule has 0 aliphatic carbocycles. The standard InChI is InChI=1S/C28H59O5P.C15H33O5P.C15H32O2.2Na/c1-3-5-7-9-11-13-15-17-19-21-23-25-31-27-28-33-34(29,30)32-26-24-22-20-18-16-14-12-10-8-6-4-2;1-2-3-4-5-6-7-8-9-10-11-12-13-19-14-15-20-21(16,17)18;1-2-3-4-5-6-7-8-9-10-11-12-14-17-15-13-16;;/h3-28H2,1-2H3,(H,29,30);2-15H2,1H3,(H2,16,17,18);16H,2-15H2,1H3;;/q;;;2*+1/p-2. The van der Waals surface area contributed by atoms with Crippen LogP contribution in [-0.4, -0.2) is 76.1 Å². The summed E-state index contributed by atoms with van der Waals surface area (Å²) in [5, 5.41) is 8.52. The van der Waals surface area contributed by atoms with Crippen LogP contribution in [0.15, 0.2) is 0 Å². The first kappa shape index (κ1) is 84.9. The SMILES string of the molecule is CCCCCCCCCCCCCOCCO.CCCCCCCCCCCCCOCCOP(=O)([O-])O.CCCCCCCCCCCCCOCCOP(=O)([O-])OCCCCCCCCCCCCC.[Na+].[Na+]. The third kappa shape index (κ3) is 87.9. The zero-order valence-corrected chi connectivity index (χ0v) is 55.8. The minimum absolute atomic E-state index is 0. The van der Waals surface area contributed by atoms with Gasteiger partial charge in [-0.2, -0.15) is 0 Å². The zero-order valence-electron chi connectivity index (χ0n) is 50.1. The first-order valence-corrected chi connectivity index (χ1v) is 33.7. The summed E-state index contributed by atoms with van der Waals surface area (Å²) in [5.41, 5.74) is 0. The van der Waals surface area contributed by atoms with Crippen LogP contribution in [0.5, 0.6) is 0 Å². The van der Waals surface area contributed by atoms with Crippen LogP contribution in [0.3, 0.4) is 0 Å². The van der Waals surface area contributed by atoms with Crippen molar-refractivity contribution in [1.82, 2.24) is 0 Å². The van der Waals surface area contributed by atoms with Gasteiger partial charge in [-0.15, -0.1) is 0 Å². The number of phosphoric acid groups is 2. The minimum Gasteiger partial charge on any atom is -0.756 e. The number of phosphoric ester groups is 2. The molecule has 0 saturated carbocycles. The molecule has 438 valence electrons. The molecule has 0 aromatic heterocycles. The fraction of sp³-hybridized carbons (Fsp3) is 1.00. The van der Waals surface area contributed by atoms with Crippen molar-refractivity contribution in [3.05, 3.63) is 0 Å². The third-order valence-corrected chi connectivity index (χ3v) is 14.4. The molecule has 0 radical (unpaired) electrons. The van der Waals surface area contributed by atoms with E-state index in [1.165, 1.54) is 238 Å². The van der Waals surface area contributed by atoms with E-state index in [1.807, 2.05) is 0 Å². The number of hydrogen-bond donors (Lipinski definition) is 2. The Morgan fingerprint density at radius 3 is 0.730 bits per heavy atom. The van der Waals surface area contributed by atoms with Crippen LogP contribution in [-0.2, 0) is 36.9 Å². The normalized spacial score (nSPS) is 12.7. The van der Waals surface area contributed by atoms with Gasteiger partial charge in [-0.1, -0.05) is 285 Å². The van der Waals surface area contributed by atoms with E-state index in [1.54, 1.807) is 0 Å². The molecule has 0 aliphatic rings. The van der Waals surface area contributed by atoms with Crippen LogP contribution in [0.4, 0.5) is 0 Å². The van der Waals surface area contributed by atoms with E-state index < -0.39 is 15.6 Å². The largest absolute Gasteiger partial charge is 1.00 e. The number of aliphatic hydroxyl groups excluding tert-OH is 1. The molecule has 0 rings (SSSR count). The molecule has 0 saturated heterocycles. The summed E-state index contributed by atoms with van der Waals surface area (Å²) in [6.45, 7) is 12.4. The van der Waals surface area contributed by atoms with Gasteiger partial charge in [0.15, 0.2) is 0 Å². The van der Waals surface area contributed by atoms with Gasteiger partial charge < -0.3 is 47.6 Å². The Kier molecular flexibility index (Phi) is 86.1. The van der Waals surface area contributed by atoms with Crippen molar-refractivity contribution in [2.45, 2.75) is 310 Å². The molecule has 0 aromatic rings. The molecular formula is C58H122Na2O12P2. The van der Waals surface area contributed by atoms with Crippen LogP contribution >= 0.6 is 15.6 Å². The summed E-state index contributed by atoms with van der Waals surface area (Å²) in [7, 11) is -8.77. The molecule has 2 N–H and O–H groups in total. The van der Waals surface area contributed by atoms with Crippen molar-refractivity contribution in [2.24, 2.45) is 0 Å². The number of ether oxygens (including phenoxy) is 3. The molecule has 0 spiro atoms. The maximum Gasteiger partial charge on any atom is 1.00 e. The molecule has 2 atom stereocenters. The van der Waals surface area contributed by atoms with Gasteiger partial charge in [-0.3, -0.25) is 9.13 Å². The molecule has 0 heterocycles. The molecule has 0 fully saturated rings. The van der Waals surface area contributed by atoms with E-state index >= 15 is 0 Å². The average Bonchev–Trinajstić information content (AvgIpc) is 3.35. The summed E-state index contributed by atoms with van der Waals surface area (Å²) in [6.07, 6.45) is 57.1. The maximum atomic E-state index is 11.8. The predicted molar refractivity (Wildman–Crippen MR) is 301 cm³/mol. The molecule has 0 amide bonds. The van der Waals surface area contributed by atoms with Crippen LogP contribution in [0.1, 0.15) is 310 Å². The summed E-state index contributed by atoms with van der Waals surface area (Å²) < 4.78 is 52.0. The second kappa shape index (κ2) is 75.1. The molecule has 0 aliphatic heterocycles. The third-order valence-electron chi connectivity index (χ3n) is 12.9. The fourth-order valence-corrected chi connectivity index (χ4v) is 9.41. The zero-order chi connectivity index (χ0) is 53.4. The van der Waals surface area contributed by atoms with Crippen molar-refractivity contribution in [3.8, 4) is 0 Å². The molecule has 16 heteroatoms. The predicted octanol–water partition coefficient (Wildman–Crippen LogP) is 11.2. The Morgan fingerprint density at radius 2 is 0.486 bits per heavy atom. The van der Waals surface area contributed by atoms with Crippen molar-refractivity contribution >= 4 is 15.6 Å². The van der Waals surface area contributed by atoms with Crippen LogP contribution in [0.2, 0.25) is 0 Å². The maximum absolute atomic E-state index is 11.8. The van der Waals surface area contributed by atoms with E-state index in [-0.39, 0.29) is 92.1 Å². The van der Waals surface area contributed by atoms with Crippen molar-refractivity contribution in [2.75, 3.05) is 66.1 Å². The minimum atomic E-state index is -4.58.